The van der Waals surface area contributed by atoms with Crippen molar-refractivity contribution in [1.82, 2.24) is 0 Å². The summed E-state index contributed by atoms with van der Waals surface area (Å²) in [4.78, 5) is 22.1. The molecular formula is C13H19N3O3. The average molecular weight is 265 g/mol. The molecule has 0 aromatic heterocycles. The van der Waals surface area contributed by atoms with Crippen LogP contribution in [0.2, 0.25) is 0 Å². The molecule has 0 heterocycles. The number of anilines is 1. The molecule has 1 rings (SSSR count). The Morgan fingerprint density at radius 3 is 2.42 bits per heavy atom. The first-order valence-corrected chi connectivity index (χ1v) is 5.94. The molecule has 1 amide bonds. The molecule has 104 valence electrons. The van der Waals surface area contributed by atoms with Gasteiger partial charge in [0, 0.05) is 17.8 Å². The SMILES string of the molecule is Cc1cc([N+](=O)[O-])ccc1NC(=O)C(N)C(C)(C)C. The molecule has 3 N–H and O–H groups in total. The summed E-state index contributed by atoms with van der Waals surface area (Å²) in [5, 5.41) is 13.3. The van der Waals surface area contributed by atoms with Crippen molar-refractivity contribution in [2.24, 2.45) is 11.1 Å². The number of carbonyl (C=O) groups is 1. The smallest absolute Gasteiger partial charge is 0.269 e. The lowest BCUT2D eigenvalue weighted by molar-refractivity contribution is -0.384. The van der Waals surface area contributed by atoms with Gasteiger partial charge in [-0.25, -0.2) is 0 Å². The van der Waals surface area contributed by atoms with Gasteiger partial charge in [-0.15, -0.1) is 0 Å². The fraction of sp³-hybridized carbons (Fsp3) is 0.462. The number of hydrogen-bond donors (Lipinski definition) is 2. The number of nitrogens with two attached hydrogens (primary N) is 1. The van der Waals surface area contributed by atoms with Crippen LogP contribution in [0.3, 0.4) is 0 Å². The standard InChI is InChI=1S/C13H19N3O3/c1-8-7-9(16(18)19)5-6-10(8)15-12(17)11(14)13(2,3)4/h5-7,11H,14H2,1-4H3,(H,15,17). The van der Waals surface area contributed by atoms with Gasteiger partial charge in [0.1, 0.15) is 0 Å². The molecule has 1 aromatic rings. The predicted molar refractivity (Wildman–Crippen MR) is 73.9 cm³/mol. The quantitative estimate of drug-likeness (QED) is 0.646. The van der Waals surface area contributed by atoms with Crippen LogP contribution in [0.15, 0.2) is 18.2 Å². The van der Waals surface area contributed by atoms with Gasteiger partial charge < -0.3 is 11.1 Å². The molecule has 0 saturated heterocycles. The highest BCUT2D eigenvalue weighted by Crippen LogP contribution is 2.23. The summed E-state index contributed by atoms with van der Waals surface area (Å²) in [5.41, 5.74) is 6.66. The molecular weight excluding hydrogens is 246 g/mol. The van der Waals surface area contributed by atoms with E-state index in [1.54, 1.807) is 6.92 Å². The van der Waals surface area contributed by atoms with Crippen LogP contribution in [0.1, 0.15) is 26.3 Å². The van der Waals surface area contributed by atoms with Crippen LogP contribution in [0.5, 0.6) is 0 Å². The third kappa shape index (κ3) is 3.75. The topological polar surface area (TPSA) is 98.3 Å². The number of benzene rings is 1. The van der Waals surface area contributed by atoms with Gasteiger partial charge in [-0.2, -0.15) is 0 Å². The molecule has 0 bridgehead atoms. The van der Waals surface area contributed by atoms with Gasteiger partial charge in [-0.05, 0) is 24.0 Å². The number of hydrogen-bond acceptors (Lipinski definition) is 4. The van der Waals surface area contributed by atoms with E-state index in [1.165, 1.54) is 18.2 Å². The fourth-order valence-electron chi connectivity index (χ4n) is 1.51. The minimum atomic E-state index is -0.651. The van der Waals surface area contributed by atoms with Gasteiger partial charge in [0.15, 0.2) is 0 Å². The lowest BCUT2D eigenvalue weighted by atomic mass is 9.87. The number of rotatable bonds is 3. The first-order valence-electron chi connectivity index (χ1n) is 5.94. The van der Waals surface area contributed by atoms with E-state index in [9.17, 15) is 14.9 Å². The van der Waals surface area contributed by atoms with E-state index in [0.29, 0.717) is 11.3 Å². The molecule has 0 aliphatic carbocycles. The largest absolute Gasteiger partial charge is 0.324 e. The second kappa shape index (κ2) is 5.36. The molecule has 6 nitrogen and oxygen atoms in total. The van der Waals surface area contributed by atoms with Gasteiger partial charge >= 0.3 is 0 Å². The van der Waals surface area contributed by atoms with Crippen LogP contribution in [0.4, 0.5) is 11.4 Å². The minimum Gasteiger partial charge on any atom is -0.324 e. The Labute approximate surface area is 112 Å². The Hall–Kier alpha value is -1.95. The van der Waals surface area contributed by atoms with Crippen LogP contribution < -0.4 is 11.1 Å². The Balaban J connectivity index is 2.89. The maximum atomic E-state index is 12.0. The summed E-state index contributed by atoms with van der Waals surface area (Å²) in [6.07, 6.45) is 0. The third-order valence-corrected chi connectivity index (χ3v) is 2.89. The molecule has 0 aliphatic rings. The molecule has 0 spiro atoms. The van der Waals surface area contributed by atoms with Crippen LogP contribution in [0.25, 0.3) is 0 Å². The maximum absolute atomic E-state index is 12.0. The minimum absolute atomic E-state index is 0.00406. The summed E-state index contributed by atoms with van der Waals surface area (Å²) in [5.74, 6) is -0.301. The molecule has 1 aromatic carbocycles. The van der Waals surface area contributed by atoms with E-state index in [2.05, 4.69) is 5.32 Å². The van der Waals surface area contributed by atoms with E-state index in [0.717, 1.165) is 0 Å². The average Bonchev–Trinajstić information content (AvgIpc) is 2.29. The molecule has 0 fully saturated rings. The van der Waals surface area contributed by atoms with Crippen molar-refractivity contribution in [2.45, 2.75) is 33.7 Å². The highest BCUT2D eigenvalue weighted by Gasteiger charge is 2.27. The van der Waals surface area contributed by atoms with E-state index >= 15 is 0 Å². The number of nitro benzene ring substituents is 1. The Morgan fingerprint density at radius 1 is 1.42 bits per heavy atom. The van der Waals surface area contributed by atoms with Crippen molar-refractivity contribution in [3.8, 4) is 0 Å². The molecule has 19 heavy (non-hydrogen) atoms. The predicted octanol–water partition coefficient (Wildman–Crippen LogP) is 2.22. The van der Waals surface area contributed by atoms with Crippen molar-refractivity contribution in [2.75, 3.05) is 5.32 Å². The zero-order valence-corrected chi connectivity index (χ0v) is 11.6. The fourth-order valence-corrected chi connectivity index (χ4v) is 1.51. The number of amides is 1. The zero-order valence-electron chi connectivity index (χ0n) is 11.6. The van der Waals surface area contributed by atoms with Crippen LogP contribution in [0, 0.1) is 22.5 Å². The second-order valence-electron chi connectivity index (χ2n) is 5.59. The Morgan fingerprint density at radius 2 is 2.00 bits per heavy atom. The second-order valence-corrected chi connectivity index (χ2v) is 5.59. The van der Waals surface area contributed by atoms with Gasteiger partial charge in [-0.1, -0.05) is 20.8 Å². The van der Waals surface area contributed by atoms with E-state index < -0.39 is 11.0 Å². The summed E-state index contributed by atoms with van der Waals surface area (Å²) in [6.45, 7) is 7.32. The number of carbonyl (C=O) groups excluding carboxylic acids is 1. The highest BCUT2D eigenvalue weighted by molar-refractivity contribution is 5.95. The summed E-state index contributed by atoms with van der Waals surface area (Å²) >= 11 is 0. The number of nitrogens with zero attached hydrogens (tertiary/aromatic N) is 1. The Kier molecular flexibility index (Phi) is 4.26. The summed E-state index contributed by atoms with van der Waals surface area (Å²) in [6, 6.07) is 3.63. The lowest BCUT2D eigenvalue weighted by Gasteiger charge is -2.26. The maximum Gasteiger partial charge on any atom is 0.269 e. The summed E-state index contributed by atoms with van der Waals surface area (Å²) < 4.78 is 0. The molecule has 0 radical (unpaired) electrons. The molecule has 6 heteroatoms. The van der Waals surface area contributed by atoms with Gasteiger partial charge in [-0.3, -0.25) is 14.9 Å². The van der Waals surface area contributed by atoms with Crippen LogP contribution >= 0.6 is 0 Å². The first kappa shape index (κ1) is 15.1. The molecule has 0 saturated carbocycles. The van der Waals surface area contributed by atoms with Gasteiger partial charge in [0.25, 0.3) is 5.69 Å². The Bertz CT molecular complexity index is 506. The molecule has 1 atom stereocenters. The lowest BCUT2D eigenvalue weighted by Crippen LogP contribution is -2.45. The van der Waals surface area contributed by atoms with Crippen LogP contribution in [-0.2, 0) is 4.79 Å². The third-order valence-electron chi connectivity index (χ3n) is 2.89. The van der Waals surface area contributed by atoms with Crippen molar-refractivity contribution in [3.05, 3.63) is 33.9 Å². The molecule has 0 aliphatic heterocycles. The van der Waals surface area contributed by atoms with Gasteiger partial charge in [0.2, 0.25) is 5.91 Å². The normalized spacial score (nSPS) is 12.9. The van der Waals surface area contributed by atoms with Gasteiger partial charge in [0.05, 0.1) is 11.0 Å². The number of nitro groups is 1. The van der Waals surface area contributed by atoms with Crippen molar-refractivity contribution in [1.29, 1.82) is 0 Å². The van der Waals surface area contributed by atoms with Crippen LogP contribution in [-0.4, -0.2) is 16.9 Å². The van der Waals surface area contributed by atoms with Crippen molar-refractivity contribution < 1.29 is 9.72 Å². The summed E-state index contributed by atoms with van der Waals surface area (Å²) in [7, 11) is 0. The van der Waals surface area contributed by atoms with E-state index in [4.69, 9.17) is 5.73 Å². The number of nitrogens with one attached hydrogen (secondary N) is 1. The molecule has 1 unspecified atom stereocenters. The number of non-ortho nitro benzene ring substituents is 1. The highest BCUT2D eigenvalue weighted by atomic mass is 16.6. The number of aryl methyl sites for hydroxylation is 1. The van der Waals surface area contributed by atoms with Crippen molar-refractivity contribution >= 4 is 17.3 Å². The zero-order chi connectivity index (χ0) is 14.8. The monoisotopic (exact) mass is 265 g/mol. The van der Waals surface area contributed by atoms with E-state index in [1.807, 2.05) is 20.8 Å². The van der Waals surface area contributed by atoms with Crippen molar-refractivity contribution in [3.63, 3.8) is 0 Å². The van der Waals surface area contributed by atoms with E-state index in [-0.39, 0.29) is 17.0 Å². The first-order chi connectivity index (χ1) is 8.62.